The standard InChI is InChI=1S/C24H27NO2/c1-3-16-27-23-14-10-20(11-15-23)5-4-19-6-8-21(9-7-19)17-18(2)25-24(26)22-12-13-22/h6-11,14-15,18,22H,3,12-13,16-17H2,1-2H3,(H,25,26). The van der Waals surface area contributed by atoms with Gasteiger partial charge in [0.05, 0.1) is 6.61 Å². The van der Waals surface area contributed by atoms with Crippen LogP contribution in [0.25, 0.3) is 0 Å². The summed E-state index contributed by atoms with van der Waals surface area (Å²) in [4.78, 5) is 11.8. The molecule has 1 N–H and O–H groups in total. The van der Waals surface area contributed by atoms with Gasteiger partial charge < -0.3 is 10.1 Å². The smallest absolute Gasteiger partial charge is 0.223 e. The Morgan fingerprint density at radius 3 is 2.22 bits per heavy atom. The third-order valence-electron chi connectivity index (χ3n) is 4.51. The summed E-state index contributed by atoms with van der Waals surface area (Å²) in [6.45, 7) is 4.89. The highest BCUT2D eigenvalue weighted by molar-refractivity contribution is 5.81. The van der Waals surface area contributed by atoms with E-state index in [-0.39, 0.29) is 17.9 Å². The van der Waals surface area contributed by atoms with Crippen molar-refractivity contribution >= 4 is 5.91 Å². The molecule has 0 saturated heterocycles. The monoisotopic (exact) mass is 361 g/mol. The predicted octanol–water partition coefficient (Wildman–Crippen LogP) is 4.33. The summed E-state index contributed by atoms with van der Waals surface area (Å²) in [5.74, 6) is 7.74. The average Bonchev–Trinajstić information content (AvgIpc) is 3.52. The average molecular weight is 361 g/mol. The van der Waals surface area contributed by atoms with Crippen LogP contribution in [0.15, 0.2) is 48.5 Å². The second kappa shape index (κ2) is 9.28. The van der Waals surface area contributed by atoms with E-state index in [0.717, 1.165) is 49.2 Å². The third kappa shape index (κ3) is 6.18. The Kier molecular flexibility index (Phi) is 6.54. The van der Waals surface area contributed by atoms with Gasteiger partial charge in [0.15, 0.2) is 0 Å². The van der Waals surface area contributed by atoms with Crippen molar-refractivity contribution < 1.29 is 9.53 Å². The van der Waals surface area contributed by atoms with Gasteiger partial charge in [0.2, 0.25) is 5.91 Å². The SMILES string of the molecule is CCCOc1ccc(C#Cc2ccc(CC(C)NC(=O)C3CC3)cc2)cc1. The minimum atomic E-state index is 0.156. The molecule has 3 nitrogen and oxygen atoms in total. The number of carbonyl (C=O) groups is 1. The van der Waals surface area contributed by atoms with Crippen LogP contribution < -0.4 is 10.1 Å². The number of rotatable bonds is 7. The van der Waals surface area contributed by atoms with Crippen molar-refractivity contribution in [1.82, 2.24) is 5.32 Å². The molecule has 0 heterocycles. The number of hydrogen-bond acceptors (Lipinski definition) is 2. The molecule has 0 bridgehead atoms. The Hall–Kier alpha value is -2.73. The van der Waals surface area contributed by atoms with Crippen molar-refractivity contribution in [1.29, 1.82) is 0 Å². The van der Waals surface area contributed by atoms with Gasteiger partial charge >= 0.3 is 0 Å². The fourth-order valence-electron chi connectivity index (χ4n) is 2.83. The largest absolute Gasteiger partial charge is 0.494 e. The molecule has 140 valence electrons. The quantitative estimate of drug-likeness (QED) is 0.746. The van der Waals surface area contributed by atoms with E-state index in [1.807, 2.05) is 36.4 Å². The molecular weight excluding hydrogens is 334 g/mol. The lowest BCUT2D eigenvalue weighted by Crippen LogP contribution is -2.35. The first-order valence-electron chi connectivity index (χ1n) is 9.78. The van der Waals surface area contributed by atoms with Crippen molar-refractivity contribution in [2.75, 3.05) is 6.61 Å². The van der Waals surface area contributed by atoms with Gasteiger partial charge in [0.1, 0.15) is 5.75 Å². The number of hydrogen-bond donors (Lipinski definition) is 1. The first kappa shape index (κ1) is 19.0. The van der Waals surface area contributed by atoms with E-state index in [2.05, 4.69) is 43.1 Å². The summed E-state index contributed by atoms with van der Waals surface area (Å²) < 4.78 is 5.58. The molecule has 1 amide bonds. The molecule has 2 aromatic carbocycles. The van der Waals surface area contributed by atoms with Crippen LogP contribution in [0.5, 0.6) is 5.75 Å². The molecule has 0 spiro atoms. The maximum atomic E-state index is 11.8. The van der Waals surface area contributed by atoms with Gasteiger partial charge in [0.25, 0.3) is 0 Å². The summed E-state index contributed by atoms with van der Waals surface area (Å²) in [5, 5.41) is 3.09. The van der Waals surface area contributed by atoms with Crippen LogP contribution in [0, 0.1) is 17.8 Å². The zero-order valence-corrected chi connectivity index (χ0v) is 16.1. The number of carbonyl (C=O) groups excluding carboxylic acids is 1. The highest BCUT2D eigenvalue weighted by atomic mass is 16.5. The molecule has 1 fully saturated rings. The van der Waals surface area contributed by atoms with E-state index < -0.39 is 0 Å². The van der Waals surface area contributed by atoms with Crippen molar-refractivity contribution in [2.24, 2.45) is 5.92 Å². The van der Waals surface area contributed by atoms with Gasteiger partial charge in [-0.25, -0.2) is 0 Å². The number of ether oxygens (including phenoxy) is 1. The zero-order valence-electron chi connectivity index (χ0n) is 16.1. The van der Waals surface area contributed by atoms with Crippen molar-refractivity contribution in [3.8, 4) is 17.6 Å². The van der Waals surface area contributed by atoms with Gasteiger partial charge in [-0.3, -0.25) is 4.79 Å². The van der Waals surface area contributed by atoms with Crippen LogP contribution in [0.4, 0.5) is 0 Å². The molecule has 0 aliphatic heterocycles. The van der Waals surface area contributed by atoms with E-state index in [1.54, 1.807) is 0 Å². The van der Waals surface area contributed by atoms with Crippen LogP contribution in [0.1, 0.15) is 49.8 Å². The van der Waals surface area contributed by atoms with Crippen molar-refractivity contribution in [3.05, 3.63) is 65.2 Å². The summed E-state index contributed by atoms with van der Waals surface area (Å²) in [5.41, 5.74) is 3.17. The first-order valence-corrected chi connectivity index (χ1v) is 9.78. The Balaban J connectivity index is 1.53. The van der Waals surface area contributed by atoms with Gasteiger partial charge in [0, 0.05) is 23.1 Å². The second-order valence-electron chi connectivity index (χ2n) is 7.21. The maximum Gasteiger partial charge on any atom is 0.223 e. The molecule has 3 rings (SSSR count). The highest BCUT2D eigenvalue weighted by Gasteiger charge is 2.30. The van der Waals surface area contributed by atoms with Gasteiger partial charge in [-0.1, -0.05) is 30.9 Å². The molecule has 3 heteroatoms. The third-order valence-corrected chi connectivity index (χ3v) is 4.51. The number of amides is 1. The minimum Gasteiger partial charge on any atom is -0.494 e. The number of nitrogens with one attached hydrogen (secondary N) is 1. The molecule has 27 heavy (non-hydrogen) atoms. The predicted molar refractivity (Wildman–Crippen MR) is 109 cm³/mol. The Bertz CT molecular complexity index is 808. The zero-order chi connectivity index (χ0) is 19.1. The minimum absolute atomic E-state index is 0.156. The molecule has 2 aromatic rings. The molecule has 1 saturated carbocycles. The molecular formula is C24H27NO2. The normalized spacial score (nSPS) is 14.0. The maximum absolute atomic E-state index is 11.8. The molecule has 0 aromatic heterocycles. The fourth-order valence-corrected chi connectivity index (χ4v) is 2.83. The summed E-state index contributed by atoms with van der Waals surface area (Å²) in [7, 11) is 0. The summed E-state index contributed by atoms with van der Waals surface area (Å²) in [6.07, 6.45) is 3.93. The van der Waals surface area contributed by atoms with Gasteiger partial charge in [-0.2, -0.15) is 0 Å². The molecule has 0 radical (unpaired) electrons. The van der Waals surface area contributed by atoms with Crippen LogP contribution in [-0.2, 0) is 11.2 Å². The van der Waals surface area contributed by atoms with E-state index in [1.165, 1.54) is 5.56 Å². The van der Waals surface area contributed by atoms with E-state index >= 15 is 0 Å². The lowest BCUT2D eigenvalue weighted by atomic mass is 10.0. The summed E-state index contributed by atoms with van der Waals surface area (Å²) in [6, 6.07) is 16.3. The van der Waals surface area contributed by atoms with Crippen LogP contribution >= 0.6 is 0 Å². The molecule has 1 unspecified atom stereocenters. The van der Waals surface area contributed by atoms with Crippen LogP contribution in [-0.4, -0.2) is 18.6 Å². The van der Waals surface area contributed by atoms with Gasteiger partial charge in [-0.05, 0) is 74.6 Å². The first-order chi connectivity index (χ1) is 13.1. The Morgan fingerprint density at radius 1 is 1.07 bits per heavy atom. The molecule has 1 aliphatic carbocycles. The lowest BCUT2D eigenvalue weighted by molar-refractivity contribution is -0.122. The van der Waals surface area contributed by atoms with Crippen molar-refractivity contribution in [3.63, 3.8) is 0 Å². The Labute approximate surface area is 162 Å². The van der Waals surface area contributed by atoms with Crippen LogP contribution in [0.3, 0.4) is 0 Å². The molecule has 1 atom stereocenters. The van der Waals surface area contributed by atoms with E-state index in [4.69, 9.17) is 4.74 Å². The lowest BCUT2D eigenvalue weighted by Gasteiger charge is -2.13. The van der Waals surface area contributed by atoms with E-state index in [0.29, 0.717) is 0 Å². The second-order valence-corrected chi connectivity index (χ2v) is 7.21. The fraction of sp³-hybridized carbons (Fsp3) is 0.375. The number of benzene rings is 2. The molecule has 1 aliphatic rings. The van der Waals surface area contributed by atoms with Gasteiger partial charge in [-0.15, -0.1) is 0 Å². The topological polar surface area (TPSA) is 38.3 Å². The Morgan fingerprint density at radius 2 is 1.67 bits per heavy atom. The summed E-state index contributed by atoms with van der Waals surface area (Å²) >= 11 is 0. The van der Waals surface area contributed by atoms with E-state index in [9.17, 15) is 4.79 Å². The highest BCUT2D eigenvalue weighted by Crippen LogP contribution is 2.28. The van der Waals surface area contributed by atoms with Crippen LogP contribution in [0.2, 0.25) is 0 Å². The van der Waals surface area contributed by atoms with Crippen molar-refractivity contribution in [2.45, 2.75) is 45.6 Å².